The Labute approximate surface area is 127 Å². The molecule has 2 aromatic heterocycles. The summed E-state index contributed by atoms with van der Waals surface area (Å²) in [5, 5.41) is 6.66. The molecule has 1 aromatic carbocycles. The summed E-state index contributed by atoms with van der Waals surface area (Å²) >= 11 is 0. The van der Waals surface area contributed by atoms with E-state index in [1.165, 1.54) is 12.1 Å². The minimum atomic E-state index is -0.269. The van der Waals surface area contributed by atoms with Crippen LogP contribution in [0.1, 0.15) is 25.3 Å². The average molecular weight is 302 g/mol. The van der Waals surface area contributed by atoms with Gasteiger partial charge in [-0.25, -0.2) is 13.9 Å². The van der Waals surface area contributed by atoms with Crippen molar-refractivity contribution in [2.24, 2.45) is 0 Å². The molecule has 3 heterocycles. The standard InChI is InChI=1S/C16H19FN4O/c1-16(5-7-18-8-6-16)13-14-19-11-9-10(17)3-4-12(11)21(14)20-15(13)22-2/h3-4,9,18,20H,5-8H2,1-2H3. The van der Waals surface area contributed by atoms with Gasteiger partial charge in [0.25, 0.3) is 0 Å². The average Bonchev–Trinajstić information content (AvgIpc) is 3.02. The van der Waals surface area contributed by atoms with Crippen molar-refractivity contribution >= 4 is 16.7 Å². The summed E-state index contributed by atoms with van der Waals surface area (Å²) in [4.78, 5) is 4.66. The van der Waals surface area contributed by atoms with Crippen LogP contribution in [0.15, 0.2) is 18.2 Å². The van der Waals surface area contributed by atoms with Gasteiger partial charge in [-0.3, -0.25) is 5.10 Å². The number of nitrogens with zero attached hydrogens (tertiary/aromatic N) is 2. The Balaban J connectivity index is 2.01. The first kappa shape index (κ1) is 13.6. The molecule has 0 radical (unpaired) electrons. The molecule has 0 unspecified atom stereocenters. The third-order valence-electron chi connectivity index (χ3n) is 4.80. The van der Waals surface area contributed by atoms with E-state index >= 15 is 0 Å². The van der Waals surface area contributed by atoms with E-state index in [0.717, 1.165) is 48.5 Å². The number of fused-ring (bicyclic) bond motifs is 3. The Bertz CT molecular complexity index is 845. The predicted octanol–water partition coefficient (Wildman–Crippen LogP) is 2.60. The number of H-pyrrole nitrogens is 1. The zero-order valence-electron chi connectivity index (χ0n) is 12.7. The summed E-state index contributed by atoms with van der Waals surface area (Å²) < 4.78 is 20.9. The van der Waals surface area contributed by atoms with Gasteiger partial charge in [-0.05, 0) is 38.1 Å². The van der Waals surface area contributed by atoms with Gasteiger partial charge in [0.1, 0.15) is 5.82 Å². The molecule has 0 aliphatic carbocycles. The van der Waals surface area contributed by atoms with Gasteiger partial charge in [0.05, 0.1) is 23.7 Å². The van der Waals surface area contributed by atoms with Crippen molar-refractivity contribution < 1.29 is 9.13 Å². The van der Waals surface area contributed by atoms with Crippen LogP contribution < -0.4 is 10.1 Å². The molecular weight excluding hydrogens is 283 g/mol. The number of piperidine rings is 1. The SMILES string of the molecule is COc1[nH]n2c(nc3cc(F)ccc32)c1C1(C)CCNCC1. The lowest BCUT2D eigenvalue weighted by Crippen LogP contribution is -2.37. The lowest BCUT2D eigenvalue weighted by molar-refractivity contribution is 0.316. The van der Waals surface area contributed by atoms with Gasteiger partial charge in [-0.1, -0.05) is 6.92 Å². The molecule has 0 saturated carbocycles. The van der Waals surface area contributed by atoms with Crippen molar-refractivity contribution in [1.29, 1.82) is 0 Å². The zero-order chi connectivity index (χ0) is 15.3. The molecule has 5 nitrogen and oxygen atoms in total. The van der Waals surface area contributed by atoms with Gasteiger partial charge in [0, 0.05) is 11.5 Å². The second-order valence-corrected chi connectivity index (χ2v) is 6.23. The van der Waals surface area contributed by atoms with Crippen LogP contribution in [0.5, 0.6) is 5.88 Å². The highest BCUT2D eigenvalue weighted by Crippen LogP contribution is 2.41. The van der Waals surface area contributed by atoms with E-state index in [0.29, 0.717) is 5.52 Å². The van der Waals surface area contributed by atoms with E-state index in [2.05, 4.69) is 22.3 Å². The Morgan fingerprint density at radius 2 is 2.09 bits per heavy atom. The third kappa shape index (κ3) is 1.83. The number of hydrogen-bond donors (Lipinski definition) is 2. The normalized spacial score (nSPS) is 18.1. The number of rotatable bonds is 2. The smallest absolute Gasteiger partial charge is 0.213 e. The molecule has 116 valence electrons. The number of halogens is 1. The number of hydrogen-bond acceptors (Lipinski definition) is 3. The molecule has 1 aliphatic heterocycles. The molecule has 0 spiro atoms. The predicted molar refractivity (Wildman–Crippen MR) is 83.0 cm³/mol. The van der Waals surface area contributed by atoms with Crippen LogP contribution in [-0.4, -0.2) is 34.8 Å². The highest BCUT2D eigenvalue weighted by atomic mass is 19.1. The Morgan fingerprint density at radius 1 is 1.32 bits per heavy atom. The molecule has 0 amide bonds. The first-order valence-corrected chi connectivity index (χ1v) is 7.57. The molecular formula is C16H19FN4O. The van der Waals surface area contributed by atoms with Crippen LogP contribution in [-0.2, 0) is 5.41 Å². The number of methoxy groups -OCH3 is 1. The molecule has 1 saturated heterocycles. The number of aromatic nitrogens is 3. The maximum atomic E-state index is 13.5. The van der Waals surface area contributed by atoms with Gasteiger partial charge < -0.3 is 10.1 Å². The lowest BCUT2D eigenvalue weighted by atomic mass is 9.76. The summed E-state index contributed by atoms with van der Waals surface area (Å²) in [7, 11) is 1.67. The molecule has 3 aromatic rings. The fraction of sp³-hybridized carbons (Fsp3) is 0.438. The molecule has 2 N–H and O–H groups in total. The maximum Gasteiger partial charge on any atom is 0.213 e. The van der Waals surface area contributed by atoms with Crippen LogP contribution in [0.3, 0.4) is 0 Å². The summed E-state index contributed by atoms with van der Waals surface area (Å²) in [6.45, 7) is 4.21. The number of nitrogens with one attached hydrogen (secondary N) is 2. The minimum Gasteiger partial charge on any atom is -0.481 e. The first-order chi connectivity index (χ1) is 10.6. The molecule has 0 atom stereocenters. The van der Waals surface area contributed by atoms with Crippen molar-refractivity contribution in [2.45, 2.75) is 25.2 Å². The molecule has 4 rings (SSSR count). The van der Waals surface area contributed by atoms with E-state index in [9.17, 15) is 4.39 Å². The van der Waals surface area contributed by atoms with Gasteiger partial charge in [-0.15, -0.1) is 0 Å². The molecule has 0 bridgehead atoms. The number of benzene rings is 1. The first-order valence-electron chi connectivity index (χ1n) is 7.57. The van der Waals surface area contributed by atoms with Crippen LogP contribution in [0.25, 0.3) is 16.7 Å². The fourth-order valence-corrected chi connectivity index (χ4v) is 3.51. The van der Waals surface area contributed by atoms with Crippen molar-refractivity contribution in [3.8, 4) is 5.88 Å². The minimum absolute atomic E-state index is 0.00222. The van der Waals surface area contributed by atoms with Crippen molar-refractivity contribution in [2.75, 3.05) is 20.2 Å². The molecule has 22 heavy (non-hydrogen) atoms. The highest BCUT2D eigenvalue weighted by Gasteiger charge is 2.36. The fourth-order valence-electron chi connectivity index (χ4n) is 3.51. The Morgan fingerprint density at radius 3 is 2.82 bits per heavy atom. The molecule has 1 aliphatic rings. The molecule has 1 fully saturated rings. The van der Waals surface area contributed by atoms with Crippen molar-refractivity contribution in [3.63, 3.8) is 0 Å². The highest BCUT2D eigenvalue weighted by molar-refractivity contribution is 5.82. The number of ether oxygens (including phenoxy) is 1. The maximum absolute atomic E-state index is 13.5. The van der Waals surface area contributed by atoms with Gasteiger partial charge in [0.2, 0.25) is 5.88 Å². The van der Waals surface area contributed by atoms with E-state index in [1.54, 1.807) is 13.2 Å². The summed E-state index contributed by atoms with van der Waals surface area (Å²) in [5.74, 6) is 0.480. The Kier molecular flexibility index (Phi) is 2.91. The van der Waals surface area contributed by atoms with Gasteiger partial charge in [-0.2, -0.15) is 0 Å². The summed E-state index contributed by atoms with van der Waals surface area (Å²) in [5.41, 5.74) is 3.44. The molecule has 6 heteroatoms. The Hall–Kier alpha value is -2.08. The monoisotopic (exact) mass is 302 g/mol. The largest absolute Gasteiger partial charge is 0.481 e. The van der Waals surface area contributed by atoms with Gasteiger partial charge in [0.15, 0.2) is 5.65 Å². The van der Waals surface area contributed by atoms with Gasteiger partial charge >= 0.3 is 0 Å². The number of aromatic amines is 1. The second-order valence-electron chi connectivity index (χ2n) is 6.23. The van der Waals surface area contributed by atoms with E-state index < -0.39 is 0 Å². The van der Waals surface area contributed by atoms with E-state index in [1.807, 2.05) is 4.52 Å². The summed E-state index contributed by atoms with van der Waals surface area (Å²) in [6.07, 6.45) is 2.04. The number of imidazole rings is 1. The van der Waals surface area contributed by atoms with Crippen molar-refractivity contribution in [3.05, 3.63) is 29.6 Å². The zero-order valence-corrected chi connectivity index (χ0v) is 12.7. The quantitative estimate of drug-likeness (QED) is 0.765. The summed E-state index contributed by atoms with van der Waals surface area (Å²) in [6, 6.07) is 4.67. The van der Waals surface area contributed by atoms with Crippen LogP contribution in [0.2, 0.25) is 0 Å². The topological polar surface area (TPSA) is 54.4 Å². The lowest BCUT2D eigenvalue weighted by Gasteiger charge is -2.33. The van der Waals surface area contributed by atoms with Crippen molar-refractivity contribution in [1.82, 2.24) is 19.9 Å². The van der Waals surface area contributed by atoms with Crippen LogP contribution in [0.4, 0.5) is 4.39 Å². The third-order valence-corrected chi connectivity index (χ3v) is 4.80. The second kappa shape index (κ2) is 4.71. The van der Waals surface area contributed by atoms with E-state index in [4.69, 9.17) is 4.74 Å². The van der Waals surface area contributed by atoms with E-state index in [-0.39, 0.29) is 11.2 Å². The van der Waals surface area contributed by atoms with Crippen LogP contribution in [0, 0.1) is 5.82 Å². The van der Waals surface area contributed by atoms with Crippen LogP contribution >= 0.6 is 0 Å².